The van der Waals surface area contributed by atoms with E-state index in [0.29, 0.717) is 23.3 Å². The van der Waals surface area contributed by atoms with E-state index in [1.54, 1.807) is 12.1 Å². The van der Waals surface area contributed by atoms with Gasteiger partial charge in [-0.2, -0.15) is 0 Å². The Bertz CT molecular complexity index is 542. The van der Waals surface area contributed by atoms with E-state index in [1.807, 2.05) is 6.07 Å². The zero-order valence-corrected chi connectivity index (χ0v) is 12.3. The molecule has 2 fully saturated rings. The fourth-order valence-corrected chi connectivity index (χ4v) is 3.74. The molecule has 4 nitrogen and oxygen atoms in total. The Morgan fingerprint density at radius 1 is 1.40 bits per heavy atom. The Hall–Kier alpha value is -1.55. The summed E-state index contributed by atoms with van der Waals surface area (Å²) >= 11 is 0. The van der Waals surface area contributed by atoms with E-state index in [4.69, 9.17) is 0 Å². The first kappa shape index (κ1) is 13.4. The monoisotopic (exact) mass is 274 g/mol. The summed E-state index contributed by atoms with van der Waals surface area (Å²) in [4.78, 5) is 13.2. The topological polar surface area (TPSA) is 52.6 Å². The van der Waals surface area contributed by atoms with E-state index in [1.165, 1.54) is 0 Å². The van der Waals surface area contributed by atoms with Gasteiger partial charge in [-0.3, -0.25) is 4.79 Å². The lowest BCUT2D eigenvalue weighted by molar-refractivity contribution is -0.0170. The highest BCUT2D eigenvalue weighted by Crippen LogP contribution is 2.48. The van der Waals surface area contributed by atoms with Gasteiger partial charge in [0.2, 0.25) is 0 Å². The number of carbonyl (C=O) groups excluding carboxylic acids is 1. The zero-order valence-electron chi connectivity index (χ0n) is 12.3. The lowest BCUT2D eigenvalue weighted by Crippen LogP contribution is -2.79. The Morgan fingerprint density at radius 3 is 2.60 bits per heavy atom. The first-order valence-corrected chi connectivity index (χ1v) is 7.12. The van der Waals surface area contributed by atoms with Crippen LogP contribution in [0.3, 0.4) is 0 Å². The lowest BCUT2D eigenvalue weighted by atomic mass is 9.59. The number of carbonyl (C=O) groups is 1. The highest BCUT2D eigenvalue weighted by Gasteiger charge is 2.58. The number of hydrogen-bond acceptors (Lipinski definition) is 4. The van der Waals surface area contributed by atoms with Gasteiger partial charge >= 0.3 is 0 Å². The van der Waals surface area contributed by atoms with Crippen molar-refractivity contribution in [3.05, 3.63) is 23.8 Å². The van der Waals surface area contributed by atoms with Crippen molar-refractivity contribution in [3.8, 4) is 5.75 Å². The van der Waals surface area contributed by atoms with Crippen molar-refractivity contribution in [1.29, 1.82) is 0 Å². The van der Waals surface area contributed by atoms with Crippen molar-refractivity contribution in [3.63, 3.8) is 0 Å². The third-order valence-corrected chi connectivity index (χ3v) is 4.65. The van der Waals surface area contributed by atoms with Gasteiger partial charge in [0.1, 0.15) is 5.75 Å². The summed E-state index contributed by atoms with van der Waals surface area (Å²) < 4.78 is 0. The number of nitrogens with one attached hydrogen (secondary N) is 1. The van der Waals surface area contributed by atoms with Crippen molar-refractivity contribution < 1.29 is 9.90 Å². The van der Waals surface area contributed by atoms with Crippen LogP contribution in [-0.4, -0.2) is 37.1 Å². The maximum atomic E-state index is 10.9. The molecule has 0 aliphatic carbocycles. The fourth-order valence-electron chi connectivity index (χ4n) is 3.74. The number of phenols is 1. The maximum absolute atomic E-state index is 10.9. The summed E-state index contributed by atoms with van der Waals surface area (Å²) in [6, 6.07) is 5.80. The number of aromatic hydroxyl groups is 1. The standard InChI is InChI=1S/C16H22N2O2/c1-15(2,3)14-16(8-17-14)9-18(10-16)12-4-5-13(20)11(6-12)7-19/h4-7,14,17,20H,8-10H2,1-3H3. The van der Waals surface area contributed by atoms with Crippen LogP contribution in [0.25, 0.3) is 0 Å². The van der Waals surface area contributed by atoms with Crippen molar-refractivity contribution in [1.82, 2.24) is 5.32 Å². The number of phenolic OH excluding ortho intramolecular Hbond substituents is 1. The molecule has 1 aromatic rings. The molecule has 1 spiro atoms. The minimum Gasteiger partial charge on any atom is -0.507 e. The maximum Gasteiger partial charge on any atom is 0.153 e. The number of benzene rings is 1. The molecule has 4 heteroatoms. The average Bonchev–Trinajstić information content (AvgIpc) is 2.25. The lowest BCUT2D eigenvalue weighted by Gasteiger charge is -2.65. The van der Waals surface area contributed by atoms with E-state index in [2.05, 4.69) is 31.0 Å². The number of nitrogens with zero attached hydrogens (tertiary/aromatic N) is 1. The number of aldehydes is 1. The molecule has 1 unspecified atom stereocenters. The Morgan fingerprint density at radius 2 is 2.10 bits per heavy atom. The van der Waals surface area contributed by atoms with E-state index in [-0.39, 0.29) is 11.2 Å². The third-order valence-electron chi connectivity index (χ3n) is 4.65. The molecule has 0 radical (unpaired) electrons. The van der Waals surface area contributed by atoms with Gasteiger partial charge in [-0.25, -0.2) is 0 Å². The molecule has 2 aliphatic rings. The Balaban J connectivity index is 1.73. The Labute approximate surface area is 119 Å². The van der Waals surface area contributed by atoms with Gasteiger partial charge in [0.15, 0.2) is 6.29 Å². The molecule has 0 saturated carbocycles. The van der Waals surface area contributed by atoms with Crippen LogP contribution in [0, 0.1) is 10.8 Å². The predicted molar refractivity (Wildman–Crippen MR) is 79.4 cm³/mol. The molecule has 1 atom stereocenters. The highest BCUT2D eigenvalue weighted by molar-refractivity contribution is 5.81. The minimum atomic E-state index is 0.0527. The fraction of sp³-hybridized carbons (Fsp3) is 0.562. The molecule has 0 aromatic heterocycles. The van der Waals surface area contributed by atoms with Gasteiger partial charge in [-0.05, 0) is 23.6 Å². The Kier molecular flexibility index (Phi) is 2.83. The van der Waals surface area contributed by atoms with Crippen LogP contribution in [0.15, 0.2) is 18.2 Å². The van der Waals surface area contributed by atoms with Crippen LogP contribution in [0.2, 0.25) is 0 Å². The van der Waals surface area contributed by atoms with Gasteiger partial charge < -0.3 is 15.3 Å². The first-order chi connectivity index (χ1) is 9.36. The van der Waals surface area contributed by atoms with Gasteiger partial charge in [0.25, 0.3) is 0 Å². The second-order valence-corrected chi connectivity index (χ2v) is 7.26. The summed E-state index contributed by atoms with van der Waals surface area (Å²) in [5.41, 5.74) is 2.03. The molecular weight excluding hydrogens is 252 g/mol. The van der Waals surface area contributed by atoms with Crippen LogP contribution in [0.4, 0.5) is 5.69 Å². The molecular formula is C16H22N2O2. The summed E-state index contributed by atoms with van der Waals surface area (Å²) in [6.45, 7) is 9.94. The molecule has 0 bridgehead atoms. The SMILES string of the molecule is CC(C)(C)C1NCC12CN(c1ccc(O)c(C=O)c1)C2. The molecule has 2 saturated heterocycles. The smallest absolute Gasteiger partial charge is 0.153 e. The molecule has 3 rings (SSSR count). The van der Waals surface area contributed by atoms with Crippen LogP contribution in [-0.2, 0) is 0 Å². The first-order valence-electron chi connectivity index (χ1n) is 7.12. The summed E-state index contributed by atoms with van der Waals surface area (Å²) in [5, 5.41) is 13.1. The largest absolute Gasteiger partial charge is 0.507 e. The number of hydrogen-bond donors (Lipinski definition) is 2. The number of anilines is 1. The quantitative estimate of drug-likeness (QED) is 0.810. The van der Waals surface area contributed by atoms with Crippen LogP contribution >= 0.6 is 0 Å². The van der Waals surface area contributed by atoms with Crippen molar-refractivity contribution in [2.45, 2.75) is 26.8 Å². The molecule has 20 heavy (non-hydrogen) atoms. The highest BCUT2D eigenvalue weighted by atomic mass is 16.3. The van der Waals surface area contributed by atoms with Gasteiger partial charge in [-0.1, -0.05) is 20.8 Å². The normalized spacial score (nSPS) is 24.1. The van der Waals surface area contributed by atoms with E-state index in [0.717, 1.165) is 25.3 Å². The van der Waals surface area contributed by atoms with E-state index < -0.39 is 0 Å². The summed E-state index contributed by atoms with van der Waals surface area (Å²) in [5.74, 6) is 0.0527. The predicted octanol–water partition coefficient (Wildman–Crippen LogP) is 2.03. The van der Waals surface area contributed by atoms with E-state index in [9.17, 15) is 9.90 Å². The molecule has 108 valence electrons. The second kappa shape index (κ2) is 4.22. The molecule has 2 heterocycles. The van der Waals surface area contributed by atoms with Crippen molar-refractivity contribution in [2.75, 3.05) is 24.5 Å². The zero-order chi connectivity index (χ0) is 14.5. The molecule has 0 amide bonds. The van der Waals surface area contributed by atoms with E-state index >= 15 is 0 Å². The molecule has 2 N–H and O–H groups in total. The van der Waals surface area contributed by atoms with Crippen LogP contribution in [0.1, 0.15) is 31.1 Å². The van der Waals surface area contributed by atoms with Gasteiger partial charge in [-0.15, -0.1) is 0 Å². The van der Waals surface area contributed by atoms with Gasteiger partial charge in [0, 0.05) is 36.8 Å². The second-order valence-electron chi connectivity index (χ2n) is 7.26. The average molecular weight is 274 g/mol. The van der Waals surface area contributed by atoms with Gasteiger partial charge in [0.05, 0.1) is 5.56 Å². The van der Waals surface area contributed by atoms with Crippen molar-refractivity contribution >= 4 is 12.0 Å². The van der Waals surface area contributed by atoms with Crippen LogP contribution < -0.4 is 10.2 Å². The summed E-state index contributed by atoms with van der Waals surface area (Å²) in [7, 11) is 0. The third kappa shape index (κ3) is 1.90. The number of rotatable bonds is 2. The van der Waals surface area contributed by atoms with Crippen LogP contribution in [0.5, 0.6) is 5.75 Å². The molecule has 2 aliphatic heterocycles. The summed E-state index contributed by atoms with van der Waals surface area (Å²) in [6.07, 6.45) is 0.706. The minimum absolute atomic E-state index is 0.0527. The molecule has 1 aromatic carbocycles. The van der Waals surface area contributed by atoms with Crippen molar-refractivity contribution in [2.24, 2.45) is 10.8 Å².